The van der Waals surface area contributed by atoms with Crippen molar-refractivity contribution in [1.29, 1.82) is 0 Å². The van der Waals surface area contributed by atoms with E-state index in [0.29, 0.717) is 17.8 Å². The molecule has 8 bridgehead atoms. The van der Waals surface area contributed by atoms with E-state index in [2.05, 4.69) is 76.8 Å². The quantitative estimate of drug-likeness (QED) is 0.165. The van der Waals surface area contributed by atoms with Gasteiger partial charge in [-0.25, -0.2) is 9.97 Å². The molecule has 6 nitrogen and oxygen atoms in total. The van der Waals surface area contributed by atoms with Crippen LogP contribution in [0.2, 0.25) is 0 Å². The Labute approximate surface area is 256 Å². The van der Waals surface area contributed by atoms with E-state index >= 15 is 0 Å². The van der Waals surface area contributed by atoms with Gasteiger partial charge < -0.3 is 15.3 Å². The summed E-state index contributed by atoms with van der Waals surface area (Å²) in [7, 11) is 0. The second-order valence-electron chi connectivity index (χ2n) is 11.1. The molecule has 216 valence electrons. The third-order valence-corrected chi connectivity index (χ3v) is 7.97. The normalized spacial score (nSPS) is 12.0. The first-order chi connectivity index (χ1) is 21.7. The van der Waals surface area contributed by atoms with Crippen LogP contribution in [0, 0.1) is 0 Å². The number of nitrogens with zero attached hydrogens (tertiary/aromatic N) is 2. The Bertz CT molecular complexity index is 2030. The highest BCUT2D eigenvalue weighted by Gasteiger charge is 2.17. The fraction of sp³-hybridized carbons (Fsp3) is 0.132. The number of rotatable bonds is 7. The Balaban J connectivity index is 1.55. The van der Waals surface area contributed by atoms with Crippen LogP contribution in [0.25, 0.3) is 68.6 Å². The van der Waals surface area contributed by atoms with Gasteiger partial charge in [-0.05, 0) is 72.2 Å². The SMILES string of the molecule is CCCCCC(=O)Nc1c2nc(c(-c3ccccc3)c3ccc(cc4nc(c(-c5ccccc5)c5ccc1[nH]5)C=C4)[nH]3)C=C2. The summed E-state index contributed by atoms with van der Waals surface area (Å²) in [4.78, 5) is 30.6. The van der Waals surface area contributed by atoms with Gasteiger partial charge in [-0.15, -0.1) is 0 Å². The molecule has 0 radical (unpaired) electrons. The molecule has 0 saturated carbocycles. The number of unbranched alkanes of at least 4 members (excludes halogenated alkanes) is 2. The first kappa shape index (κ1) is 27.3. The molecule has 3 N–H and O–H groups in total. The second kappa shape index (κ2) is 12.0. The van der Waals surface area contributed by atoms with Crippen LogP contribution in [0.4, 0.5) is 5.69 Å². The Hall–Kier alpha value is -5.49. The van der Waals surface area contributed by atoms with Gasteiger partial charge in [0.2, 0.25) is 5.91 Å². The minimum absolute atomic E-state index is 0.0185. The summed E-state index contributed by atoms with van der Waals surface area (Å²) in [5, 5.41) is 3.22. The third kappa shape index (κ3) is 5.50. The second-order valence-corrected chi connectivity index (χ2v) is 11.1. The first-order valence-corrected chi connectivity index (χ1v) is 15.2. The maximum absolute atomic E-state index is 13.2. The zero-order valence-electron chi connectivity index (χ0n) is 24.6. The summed E-state index contributed by atoms with van der Waals surface area (Å²) in [6.45, 7) is 2.14. The smallest absolute Gasteiger partial charge is 0.224 e. The van der Waals surface area contributed by atoms with Crippen molar-refractivity contribution in [2.24, 2.45) is 0 Å². The lowest BCUT2D eigenvalue weighted by molar-refractivity contribution is -0.116. The maximum atomic E-state index is 13.2. The van der Waals surface area contributed by atoms with Gasteiger partial charge in [-0.3, -0.25) is 4.79 Å². The van der Waals surface area contributed by atoms with E-state index < -0.39 is 0 Å². The van der Waals surface area contributed by atoms with E-state index in [4.69, 9.17) is 9.97 Å². The third-order valence-electron chi connectivity index (χ3n) is 7.97. The Morgan fingerprint density at radius 2 is 1.27 bits per heavy atom. The fourth-order valence-electron chi connectivity index (χ4n) is 5.83. The molecular weight excluding hydrogens is 542 g/mol. The van der Waals surface area contributed by atoms with Crippen LogP contribution in [-0.2, 0) is 4.79 Å². The highest BCUT2D eigenvalue weighted by atomic mass is 16.1. The molecule has 7 rings (SSSR count). The van der Waals surface area contributed by atoms with Gasteiger partial charge in [-0.1, -0.05) is 80.4 Å². The van der Waals surface area contributed by atoms with E-state index in [1.54, 1.807) is 0 Å². The highest BCUT2D eigenvalue weighted by molar-refractivity contribution is 6.01. The predicted octanol–water partition coefficient (Wildman–Crippen LogP) is 9.51. The Morgan fingerprint density at radius 1 is 0.659 bits per heavy atom. The Morgan fingerprint density at radius 3 is 2.00 bits per heavy atom. The van der Waals surface area contributed by atoms with Crippen molar-refractivity contribution in [3.8, 4) is 22.3 Å². The number of carbonyl (C=O) groups is 1. The minimum atomic E-state index is -0.0185. The van der Waals surface area contributed by atoms with E-state index in [-0.39, 0.29) is 5.91 Å². The largest absolute Gasteiger partial charge is 0.355 e. The average molecular weight is 576 g/mol. The van der Waals surface area contributed by atoms with Gasteiger partial charge in [-0.2, -0.15) is 0 Å². The van der Waals surface area contributed by atoms with Crippen molar-refractivity contribution in [3.63, 3.8) is 0 Å². The summed E-state index contributed by atoms with van der Waals surface area (Å²) in [6, 6.07) is 30.8. The van der Waals surface area contributed by atoms with Crippen molar-refractivity contribution in [3.05, 3.63) is 114 Å². The molecular formula is C38H33N5O. The standard InChI is InChI=1S/C38H33N5O/c1-2-3-6-15-35(44)43-38-33-22-20-31(41-33)36(25-11-7-4-8-12-25)29-18-16-27(39-29)24-28-17-19-30(40-28)37(26-13-9-5-10-14-26)32-21-23-34(38)42-32/h4-5,7-14,16-24,39,42H,2-3,6,15H2,1H3,(H,43,44). The molecule has 2 aliphatic rings. The number of aromatic nitrogens is 4. The van der Waals surface area contributed by atoms with Gasteiger partial charge in [0.15, 0.2) is 0 Å². The van der Waals surface area contributed by atoms with Crippen molar-refractivity contribution in [2.75, 3.05) is 5.32 Å². The number of nitrogens with one attached hydrogen (secondary N) is 3. The van der Waals surface area contributed by atoms with Crippen LogP contribution in [0.15, 0.2) is 91.0 Å². The number of carbonyl (C=O) groups excluding carboxylic acids is 1. The summed E-state index contributed by atoms with van der Waals surface area (Å²) in [6.07, 6.45) is 11.5. The van der Waals surface area contributed by atoms with Gasteiger partial charge in [0.1, 0.15) is 0 Å². The number of anilines is 1. The van der Waals surface area contributed by atoms with Crippen molar-refractivity contribution >= 4 is 58.0 Å². The molecule has 5 heterocycles. The molecule has 0 saturated heterocycles. The number of hydrogen-bond donors (Lipinski definition) is 3. The van der Waals surface area contributed by atoms with Gasteiger partial charge in [0.25, 0.3) is 0 Å². The summed E-state index contributed by atoms with van der Waals surface area (Å²) >= 11 is 0. The summed E-state index contributed by atoms with van der Waals surface area (Å²) in [5.41, 5.74) is 11.6. The molecule has 0 unspecified atom stereocenters. The predicted molar refractivity (Wildman–Crippen MR) is 183 cm³/mol. The molecule has 2 aromatic carbocycles. The first-order valence-electron chi connectivity index (χ1n) is 15.2. The zero-order chi connectivity index (χ0) is 29.9. The highest BCUT2D eigenvalue weighted by Crippen LogP contribution is 2.34. The van der Waals surface area contributed by atoms with Crippen LogP contribution in [-0.4, -0.2) is 25.8 Å². The monoisotopic (exact) mass is 575 g/mol. The maximum Gasteiger partial charge on any atom is 0.224 e. The van der Waals surface area contributed by atoms with E-state index in [0.717, 1.165) is 80.7 Å². The molecule has 0 aliphatic carbocycles. The van der Waals surface area contributed by atoms with E-state index in [1.807, 2.05) is 60.7 Å². The topological polar surface area (TPSA) is 86.5 Å². The number of benzene rings is 2. The Kier molecular flexibility index (Phi) is 7.47. The summed E-state index contributed by atoms with van der Waals surface area (Å²) < 4.78 is 0. The fourth-order valence-corrected chi connectivity index (χ4v) is 5.83. The lowest BCUT2D eigenvalue weighted by atomic mass is 10.0. The van der Waals surface area contributed by atoms with Crippen LogP contribution >= 0.6 is 0 Å². The summed E-state index contributed by atoms with van der Waals surface area (Å²) in [5.74, 6) is -0.0185. The molecule has 2 aliphatic heterocycles. The molecule has 0 atom stereocenters. The minimum Gasteiger partial charge on any atom is -0.355 e. The van der Waals surface area contributed by atoms with Gasteiger partial charge in [0, 0.05) is 34.1 Å². The van der Waals surface area contributed by atoms with E-state index in [1.165, 1.54) is 0 Å². The zero-order valence-corrected chi connectivity index (χ0v) is 24.6. The van der Waals surface area contributed by atoms with Crippen LogP contribution in [0.1, 0.15) is 55.4 Å². The molecule has 1 amide bonds. The molecule has 0 fully saturated rings. The van der Waals surface area contributed by atoms with Crippen LogP contribution in [0.3, 0.4) is 0 Å². The molecule has 3 aromatic heterocycles. The van der Waals surface area contributed by atoms with Crippen molar-refractivity contribution in [2.45, 2.75) is 32.6 Å². The van der Waals surface area contributed by atoms with Crippen molar-refractivity contribution in [1.82, 2.24) is 19.9 Å². The number of aromatic amines is 2. The molecule has 5 aromatic rings. The molecule has 44 heavy (non-hydrogen) atoms. The van der Waals surface area contributed by atoms with Crippen molar-refractivity contribution < 1.29 is 4.79 Å². The van der Waals surface area contributed by atoms with Gasteiger partial charge >= 0.3 is 0 Å². The number of amides is 1. The lowest BCUT2D eigenvalue weighted by Crippen LogP contribution is -2.12. The molecule has 6 heteroatoms. The number of hydrogen-bond acceptors (Lipinski definition) is 3. The van der Waals surface area contributed by atoms with Crippen LogP contribution in [0.5, 0.6) is 0 Å². The van der Waals surface area contributed by atoms with E-state index in [9.17, 15) is 4.79 Å². The lowest BCUT2D eigenvalue weighted by Gasteiger charge is -2.07. The average Bonchev–Trinajstić information content (AvgIpc) is 3.87. The number of fused-ring (bicyclic) bond motifs is 8. The number of H-pyrrole nitrogens is 2. The van der Waals surface area contributed by atoms with Crippen LogP contribution < -0.4 is 5.32 Å². The molecule has 0 spiro atoms. The van der Waals surface area contributed by atoms with Gasteiger partial charge in [0.05, 0.1) is 34.0 Å².